The Balaban J connectivity index is 1.75. The fourth-order valence-corrected chi connectivity index (χ4v) is 2.69. The number of carbonyl (C=O) groups excluding carboxylic acids is 1. The SMILES string of the molecule is O=C(Cc1c(O)c2ccccc2[nH]c1=O)NC[C@@H]1CCCO1. The van der Waals surface area contributed by atoms with E-state index in [0.717, 1.165) is 19.4 Å². The maximum atomic E-state index is 12.0. The van der Waals surface area contributed by atoms with Crippen molar-refractivity contribution in [2.24, 2.45) is 0 Å². The number of carbonyl (C=O) groups is 1. The largest absolute Gasteiger partial charge is 0.507 e. The molecule has 1 aliphatic rings. The molecule has 1 amide bonds. The summed E-state index contributed by atoms with van der Waals surface area (Å²) in [6.07, 6.45) is 1.83. The lowest BCUT2D eigenvalue weighted by Crippen LogP contribution is -2.34. The molecule has 3 rings (SSSR count). The molecule has 1 atom stereocenters. The Kier molecular flexibility index (Phi) is 4.11. The van der Waals surface area contributed by atoms with E-state index in [0.29, 0.717) is 17.4 Å². The van der Waals surface area contributed by atoms with E-state index in [4.69, 9.17) is 4.74 Å². The molecule has 1 aromatic carbocycles. The molecule has 1 saturated heterocycles. The zero-order valence-corrected chi connectivity index (χ0v) is 12.1. The molecular weight excluding hydrogens is 284 g/mol. The van der Waals surface area contributed by atoms with Crippen LogP contribution >= 0.6 is 0 Å². The number of aromatic hydroxyl groups is 1. The maximum Gasteiger partial charge on any atom is 0.255 e. The number of rotatable bonds is 4. The standard InChI is InChI=1S/C16H18N2O4/c19-14(17-9-10-4-3-7-22-10)8-12-15(20)11-5-1-2-6-13(11)18-16(12)21/h1-2,5-6,10H,3-4,7-9H2,(H,17,19)(H2,18,20,21)/t10-/m0/s1. The van der Waals surface area contributed by atoms with E-state index in [-0.39, 0.29) is 29.7 Å². The molecule has 6 nitrogen and oxygen atoms in total. The van der Waals surface area contributed by atoms with Gasteiger partial charge in [0.05, 0.1) is 23.6 Å². The van der Waals surface area contributed by atoms with Gasteiger partial charge in [-0.05, 0) is 25.0 Å². The van der Waals surface area contributed by atoms with Gasteiger partial charge >= 0.3 is 0 Å². The van der Waals surface area contributed by atoms with Crippen LogP contribution in [-0.2, 0) is 16.0 Å². The highest BCUT2D eigenvalue weighted by Gasteiger charge is 2.18. The number of hydrogen-bond acceptors (Lipinski definition) is 4. The van der Waals surface area contributed by atoms with Crippen molar-refractivity contribution < 1.29 is 14.6 Å². The van der Waals surface area contributed by atoms with E-state index < -0.39 is 5.56 Å². The molecule has 0 saturated carbocycles. The Hall–Kier alpha value is -2.34. The minimum absolute atomic E-state index is 0.0486. The lowest BCUT2D eigenvalue weighted by molar-refractivity contribution is -0.121. The fraction of sp³-hybridized carbons (Fsp3) is 0.375. The molecule has 1 aliphatic heterocycles. The third-order valence-electron chi connectivity index (χ3n) is 3.88. The quantitative estimate of drug-likeness (QED) is 0.788. The van der Waals surface area contributed by atoms with Gasteiger partial charge in [-0.2, -0.15) is 0 Å². The average Bonchev–Trinajstić information content (AvgIpc) is 3.03. The Morgan fingerprint density at radius 2 is 2.23 bits per heavy atom. The second-order valence-corrected chi connectivity index (χ2v) is 5.44. The Bertz CT molecular complexity index is 747. The Morgan fingerprint density at radius 1 is 1.41 bits per heavy atom. The number of fused-ring (bicyclic) bond motifs is 1. The zero-order valence-electron chi connectivity index (χ0n) is 12.1. The number of para-hydroxylation sites is 1. The van der Waals surface area contributed by atoms with Crippen LogP contribution in [0.2, 0.25) is 0 Å². The molecule has 0 unspecified atom stereocenters. The molecule has 1 fully saturated rings. The first-order valence-electron chi connectivity index (χ1n) is 7.36. The van der Waals surface area contributed by atoms with Gasteiger partial charge in [0, 0.05) is 18.5 Å². The van der Waals surface area contributed by atoms with Crippen LogP contribution in [-0.4, -0.2) is 35.3 Å². The number of hydrogen-bond donors (Lipinski definition) is 3. The molecule has 22 heavy (non-hydrogen) atoms. The van der Waals surface area contributed by atoms with Crippen molar-refractivity contribution in [2.75, 3.05) is 13.2 Å². The first-order chi connectivity index (χ1) is 10.6. The summed E-state index contributed by atoms with van der Waals surface area (Å²) in [5.74, 6) is -0.432. The third kappa shape index (κ3) is 2.96. The summed E-state index contributed by atoms with van der Waals surface area (Å²) in [5.41, 5.74) is 0.195. The first kappa shape index (κ1) is 14.6. The summed E-state index contributed by atoms with van der Waals surface area (Å²) in [4.78, 5) is 26.7. The zero-order chi connectivity index (χ0) is 15.5. The molecule has 0 bridgehead atoms. The van der Waals surface area contributed by atoms with Crippen molar-refractivity contribution in [1.29, 1.82) is 0 Å². The topological polar surface area (TPSA) is 91.4 Å². The normalized spacial score (nSPS) is 17.7. The van der Waals surface area contributed by atoms with Crippen LogP contribution < -0.4 is 10.9 Å². The van der Waals surface area contributed by atoms with Gasteiger partial charge in [0.1, 0.15) is 5.75 Å². The van der Waals surface area contributed by atoms with Crippen LogP contribution in [0.5, 0.6) is 5.75 Å². The van der Waals surface area contributed by atoms with E-state index in [1.807, 2.05) is 0 Å². The van der Waals surface area contributed by atoms with Gasteiger partial charge in [0.15, 0.2) is 0 Å². The lowest BCUT2D eigenvalue weighted by atomic mass is 10.1. The predicted molar refractivity (Wildman–Crippen MR) is 81.9 cm³/mol. The predicted octanol–water partition coefficient (Wildman–Crippen LogP) is 1.07. The summed E-state index contributed by atoms with van der Waals surface area (Å²) in [7, 11) is 0. The van der Waals surface area contributed by atoms with Crippen LogP contribution in [0.1, 0.15) is 18.4 Å². The number of pyridine rings is 1. The monoisotopic (exact) mass is 302 g/mol. The fourth-order valence-electron chi connectivity index (χ4n) is 2.69. The van der Waals surface area contributed by atoms with Gasteiger partial charge < -0.3 is 20.1 Å². The van der Waals surface area contributed by atoms with E-state index >= 15 is 0 Å². The van der Waals surface area contributed by atoms with Crippen LogP contribution in [0.15, 0.2) is 29.1 Å². The molecule has 3 N–H and O–H groups in total. The minimum Gasteiger partial charge on any atom is -0.507 e. The Morgan fingerprint density at radius 3 is 3.00 bits per heavy atom. The summed E-state index contributed by atoms with van der Waals surface area (Å²) in [6, 6.07) is 6.94. The third-order valence-corrected chi connectivity index (χ3v) is 3.88. The van der Waals surface area contributed by atoms with Gasteiger partial charge in [-0.1, -0.05) is 12.1 Å². The highest BCUT2D eigenvalue weighted by atomic mass is 16.5. The van der Waals surface area contributed by atoms with Gasteiger partial charge in [-0.3, -0.25) is 9.59 Å². The van der Waals surface area contributed by atoms with Gasteiger partial charge in [0.25, 0.3) is 5.56 Å². The van der Waals surface area contributed by atoms with Crippen molar-refractivity contribution in [3.05, 3.63) is 40.2 Å². The second-order valence-electron chi connectivity index (χ2n) is 5.44. The number of amides is 1. The highest BCUT2D eigenvalue weighted by molar-refractivity contribution is 5.88. The molecular formula is C16H18N2O4. The molecule has 2 heterocycles. The number of aromatic amines is 1. The van der Waals surface area contributed by atoms with Gasteiger partial charge in [-0.25, -0.2) is 0 Å². The number of aromatic nitrogens is 1. The highest BCUT2D eigenvalue weighted by Crippen LogP contribution is 2.24. The lowest BCUT2D eigenvalue weighted by Gasteiger charge is -2.11. The second kappa shape index (κ2) is 6.19. The average molecular weight is 302 g/mol. The number of nitrogens with one attached hydrogen (secondary N) is 2. The molecule has 0 spiro atoms. The van der Waals surface area contributed by atoms with E-state index in [1.54, 1.807) is 24.3 Å². The smallest absolute Gasteiger partial charge is 0.255 e. The number of H-pyrrole nitrogens is 1. The molecule has 1 aromatic heterocycles. The molecule has 0 aliphatic carbocycles. The van der Waals surface area contributed by atoms with Crippen LogP contribution in [0, 0.1) is 0 Å². The van der Waals surface area contributed by atoms with Crippen LogP contribution in [0.25, 0.3) is 10.9 Å². The maximum absolute atomic E-state index is 12.0. The van der Waals surface area contributed by atoms with Crippen molar-refractivity contribution in [2.45, 2.75) is 25.4 Å². The summed E-state index contributed by atoms with van der Waals surface area (Å²) < 4.78 is 5.43. The van der Waals surface area contributed by atoms with Gasteiger partial charge in [0.2, 0.25) is 5.91 Å². The van der Waals surface area contributed by atoms with E-state index in [1.165, 1.54) is 0 Å². The van der Waals surface area contributed by atoms with E-state index in [9.17, 15) is 14.7 Å². The summed E-state index contributed by atoms with van der Waals surface area (Å²) in [6.45, 7) is 1.16. The van der Waals surface area contributed by atoms with Crippen LogP contribution in [0.3, 0.4) is 0 Å². The molecule has 116 valence electrons. The van der Waals surface area contributed by atoms with Crippen molar-refractivity contribution in [3.63, 3.8) is 0 Å². The van der Waals surface area contributed by atoms with Crippen molar-refractivity contribution in [3.8, 4) is 5.75 Å². The number of ether oxygens (including phenoxy) is 1. The molecule has 2 aromatic rings. The number of benzene rings is 1. The van der Waals surface area contributed by atoms with Gasteiger partial charge in [-0.15, -0.1) is 0 Å². The van der Waals surface area contributed by atoms with Crippen LogP contribution in [0.4, 0.5) is 0 Å². The first-order valence-corrected chi connectivity index (χ1v) is 7.36. The summed E-state index contributed by atoms with van der Waals surface area (Å²) >= 11 is 0. The van der Waals surface area contributed by atoms with Crippen molar-refractivity contribution in [1.82, 2.24) is 10.3 Å². The Labute approximate surface area is 127 Å². The molecule has 0 radical (unpaired) electrons. The van der Waals surface area contributed by atoms with E-state index in [2.05, 4.69) is 10.3 Å². The van der Waals surface area contributed by atoms with Crippen molar-refractivity contribution >= 4 is 16.8 Å². The minimum atomic E-state index is -0.441. The summed E-state index contributed by atoms with van der Waals surface area (Å²) in [5, 5.41) is 13.5. The molecule has 6 heteroatoms.